The highest BCUT2D eigenvalue weighted by Gasteiger charge is 2.11. The van der Waals surface area contributed by atoms with Crippen LogP contribution >= 0.6 is 0 Å². The normalized spacial score (nSPS) is 12.5. The molecule has 1 aliphatic heterocycles. The van der Waals surface area contributed by atoms with Gasteiger partial charge in [-0.1, -0.05) is 6.07 Å². The van der Waals surface area contributed by atoms with Gasteiger partial charge in [-0.25, -0.2) is 0 Å². The van der Waals surface area contributed by atoms with Crippen LogP contribution in [0.4, 0.5) is 0 Å². The average molecular weight is 339 g/mol. The van der Waals surface area contributed by atoms with Crippen molar-refractivity contribution in [3.8, 4) is 17.2 Å². The minimum absolute atomic E-state index is 0.143. The van der Waals surface area contributed by atoms with Crippen LogP contribution in [-0.4, -0.2) is 32.8 Å². The molecule has 0 bridgehead atoms. The molecule has 0 fully saturated rings. The number of methoxy groups -OCH3 is 1. The van der Waals surface area contributed by atoms with Gasteiger partial charge in [0, 0.05) is 12.5 Å². The molecule has 0 aliphatic carbocycles. The second-order valence-corrected chi connectivity index (χ2v) is 5.61. The number of rotatable bonds is 7. The minimum atomic E-state index is -0.143. The van der Waals surface area contributed by atoms with Crippen LogP contribution in [-0.2, 0) is 11.2 Å². The fourth-order valence-corrected chi connectivity index (χ4v) is 2.56. The SMILES string of the molecule is COc1ccc(OCCNC(=O)/C=C/c2ccc3c(c2)CCO3)cc1. The Morgan fingerprint density at radius 1 is 1.20 bits per heavy atom. The Morgan fingerprint density at radius 3 is 2.80 bits per heavy atom. The van der Waals surface area contributed by atoms with E-state index in [4.69, 9.17) is 14.2 Å². The first-order valence-corrected chi connectivity index (χ1v) is 8.23. The van der Waals surface area contributed by atoms with Crippen LogP contribution < -0.4 is 19.5 Å². The summed E-state index contributed by atoms with van der Waals surface area (Å²) >= 11 is 0. The third kappa shape index (κ3) is 4.76. The molecule has 0 saturated carbocycles. The van der Waals surface area contributed by atoms with Gasteiger partial charge in [0.15, 0.2) is 0 Å². The molecular formula is C20H21NO4. The molecule has 2 aromatic rings. The molecular weight excluding hydrogens is 318 g/mol. The molecule has 0 aromatic heterocycles. The molecule has 5 nitrogen and oxygen atoms in total. The summed E-state index contributed by atoms with van der Waals surface area (Å²) in [6.45, 7) is 1.58. The summed E-state index contributed by atoms with van der Waals surface area (Å²) in [5.41, 5.74) is 2.18. The predicted molar refractivity (Wildman–Crippen MR) is 96.2 cm³/mol. The van der Waals surface area contributed by atoms with Crippen LogP contribution in [0.5, 0.6) is 17.2 Å². The van der Waals surface area contributed by atoms with Gasteiger partial charge in [0.25, 0.3) is 0 Å². The molecule has 5 heteroatoms. The lowest BCUT2D eigenvalue weighted by molar-refractivity contribution is -0.116. The Hall–Kier alpha value is -2.95. The molecule has 0 saturated heterocycles. The van der Waals surface area contributed by atoms with Crippen molar-refractivity contribution in [2.75, 3.05) is 26.9 Å². The van der Waals surface area contributed by atoms with Crippen molar-refractivity contribution in [1.82, 2.24) is 5.32 Å². The summed E-state index contributed by atoms with van der Waals surface area (Å²) in [4.78, 5) is 11.9. The lowest BCUT2D eigenvalue weighted by Gasteiger charge is -2.07. The van der Waals surface area contributed by atoms with Gasteiger partial charge in [0.2, 0.25) is 5.91 Å². The maximum atomic E-state index is 11.9. The van der Waals surface area contributed by atoms with Crippen molar-refractivity contribution in [3.05, 3.63) is 59.7 Å². The Bertz CT molecular complexity index is 753. The molecule has 25 heavy (non-hydrogen) atoms. The fourth-order valence-electron chi connectivity index (χ4n) is 2.56. The van der Waals surface area contributed by atoms with E-state index in [0.717, 1.165) is 35.8 Å². The molecule has 1 aliphatic rings. The molecule has 0 atom stereocenters. The number of benzene rings is 2. The van der Waals surface area contributed by atoms with Crippen LogP contribution in [0.1, 0.15) is 11.1 Å². The minimum Gasteiger partial charge on any atom is -0.497 e. The van der Waals surface area contributed by atoms with E-state index in [1.807, 2.05) is 36.4 Å². The van der Waals surface area contributed by atoms with Crippen LogP contribution in [0.2, 0.25) is 0 Å². The Balaban J connectivity index is 1.40. The predicted octanol–water partition coefficient (Wildman–Crippen LogP) is 2.84. The van der Waals surface area contributed by atoms with Crippen molar-refractivity contribution < 1.29 is 19.0 Å². The third-order valence-electron chi connectivity index (χ3n) is 3.87. The largest absolute Gasteiger partial charge is 0.497 e. The lowest BCUT2D eigenvalue weighted by atomic mass is 10.1. The number of amides is 1. The van der Waals surface area contributed by atoms with Gasteiger partial charge in [-0.05, 0) is 53.6 Å². The summed E-state index contributed by atoms with van der Waals surface area (Å²) < 4.78 is 16.1. The van der Waals surface area contributed by atoms with Crippen LogP contribution in [0.25, 0.3) is 6.08 Å². The first-order valence-electron chi connectivity index (χ1n) is 8.23. The monoisotopic (exact) mass is 339 g/mol. The van der Waals surface area contributed by atoms with E-state index in [9.17, 15) is 4.79 Å². The number of carbonyl (C=O) groups is 1. The van der Waals surface area contributed by atoms with Crippen molar-refractivity contribution in [2.24, 2.45) is 0 Å². The number of nitrogens with one attached hydrogen (secondary N) is 1. The Labute approximate surface area is 147 Å². The summed E-state index contributed by atoms with van der Waals surface area (Å²) in [5.74, 6) is 2.32. The van der Waals surface area contributed by atoms with Gasteiger partial charge in [-0.2, -0.15) is 0 Å². The van der Waals surface area contributed by atoms with Crippen LogP contribution in [0, 0.1) is 0 Å². The van der Waals surface area contributed by atoms with E-state index < -0.39 is 0 Å². The Kier molecular flexibility index (Phi) is 5.57. The first-order chi connectivity index (χ1) is 12.2. The van der Waals surface area contributed by atoms with Gasteiger partial charge in [-0.15, -0.1) is 0 Å². The highest BCUT2D eigenvalue weighted by atomic mass is 16.5. The van der Waals surface area contributed by atoms with Crippen molar-refractivity contribution in [3.63, 3.8) is 0 Å². The van der Waals surface area contributed by atoms with E-state index in [1.54, 1.807) is 13.2 Å². The summed E-state index contributed by atoms with van der Waals surface area (Å²) in [6, 6.07) is 13.3. The van der Waals surface area contributed by atoms with Gasteiger partial charge in [0.05, 0.1) is 20.3 Å². The maximum absolute atomic E-state index is 11.9. The van der Waals surface area contributed by atoms with Gasteiger partial charge >= 0.3 is 0 Å². The topological polar surface area (TPSA) is 56.8 Å². The molecule has 1 amide bonds. The molecule has 0 radical (unpaired) electrons. The van der Waals surface area contributed by atoms with E-state index in [-0.39, 0.29) is 5.91 Å². The average Bonchev–Trinajstić information content (AvgIpc) is 3.12. The second-order valence-electron chi connectivity index (χ2n) is 5.61. The van der Waals surface area contributed by atoms with Gasteiger partial charge in [0.1, 0.15) is 23.9 Å². The van der Waals surface area contributed by atoms with Crippen LogP contribution in [0.3, 0.4) is 0 Å². The number of hydrogen-bond acceptors (Lipinski definition) is 4. The number of ether oxygens (including phenoxy) is 3. The summed E-state index contributed by atoms with van der Waals surface area (Å²) in [6.07, 6.45) is 4.26. The van der Waals surface area contributed by atoms with Crippen molar-refractivity contribution in [2.45, 2.75) is 6.42 Å². The summed E-state index contributed by atoms with van der Waals surface area (Å²) in [7, 11) is 1.62. The number of fused-ring (bicyclic) bond motifs is 1. The van der Waals surface area contributed by atoms with Crippen molar-refractivity contribution in [1.29, 1.82) is 0 Å². The highest BCUT2D eigenvalue weighted by molar-refractivity contribution is 5.91. The molecule has 1 heterocycles. The second kappa shape index (κ2) is 8.24. The third-order valence-corrected chi connectivity index (χ3v) is 3.87. The number of carbonyl (C=O) groups excluding carboxylic acids is 1. The molecule has 2 aromatic carbocycles. The van der Waals surface area contributed by atoms with Crippen LogP contribution in [0.15, 0.2) is 48.5 Å². The summed E-state index contributed by atoms with van der Waals surface area (Å²) in [5, 5.41) is 2.80. The molecule has 130 valence electrons. The lowest BCUT2D eigenvalue weighted by Crippen LogP contribution is -2.26. The van der Waals surface area contributed by atoms with E-state index in [1.165, 1.54) is 11.6 Å². The standard InChI is InChI=1S/C20H21NO4/c1-23-17-4-6-18(7-5-17)24-13-11-21-20(22)9-3-15-2-8-19-16(14-15)10-12-25-19/h2-9,14H,10-13H2,1H3,(H,21,22)/b9-3+. The zero-order valence-electron chi connectivity index (χ0n) is 14.2. The van der Waals surface area contributed by atoms with Gasteiger partial charge in [-0.3, -0.25) is 4.79 Å². The molecule has 0 unspecified atom stereocenters. The Morgan fingerprint density at radius 2 is 2.00 bits per heavy atom. The quantitative estimate of drug-likeness (QED) is 0.622. The molecule has 1 N–H and O–H groups in total. The molecule has 0 spiro atoms. The maximum Gasteiger partial charge on any atom is 0.244 e. The highest BCUT2D eigenvalue weighted by Crippen LogP contribution is 2.26. The molecule has 3 rings (SSSR count). The van der Waals surface area contributed by atoms with E-state index in [2.05, 4.69) is 11.4 Å². The zero-order chi connectivity index (χ0) is 17.5. The van der Waals surface area contributed by atoms with Gasteiger partial charge < -0.3 is 19.5 Å². The number of hydrogen-bond donors (Lipinski definition) is 1. The van der Waals surface area contributed by atoms with E-state index >= 15 is 0 Å². The zero-order valence-corrected chi connectivity index (χ0v) is 14.2. The smallest absolute Gasteiger partial charge is 0.244 e. The fraction of sp³-hybridized carbons (Fsp3) is 0.250. The van der Waals surface area contributed by atoms with E-state index in [0.29, 0.717) is 13.2 Å². The van der Waals surface area contributed by atoms with Crippen molar-refractivity contribution >= 4 is 12.0 Å². The first kappa shape index (κ1) is 16.9.